The first-order chi connectivity index (χ1) is 15.9. The summed E-state index contributed by atoms with van der Waals surface area (Å²) in [5, 5.41) is 10.8. The van der Waals surface area contributed by atoms with Gasteiger partial charge in [-0.2, -0.15) is 0 Å². The highest BCUT2D eigenvalue weighted by Crippen LogP contribution is 2.71. The molecule has 4 aliphatic carbocycles. The van der Waals surface area contributed by atoms with Gasteiger partial charge in [0.1, 0.15) is 0 Å². The Morgan fingerprint density at radius 2 is 2.03 bits per heavy atom. The Labute approximate surface area is 203 Å². The first kappa shape index (κ1) is 23.5. The Kier molecular flexibility index (Phi) is 5.13. The quantitative estimate of drug-likeness (QED) is 0.488. The zero-order chi connectivity index (χ0) is 24.7. The lowest BCUT2D eigenvalue weighted by atomic mass is 9.45. The number of halogens is 1. The summed E-state index contributed by atoms with van der Waals surface area (Å²) in [6, 6.07) is 3.00. The second-order valence-electron chi connectivity index (χ2n) is 10.8. The lowest BCUT2D eigenvalue weighted by Gasteiger charge is -2.62. The topological polar surface area (TPSA) is 93.8 Å². The summed E-state index contributed by atoms with van der Waals surface area (Å²) in [7, 11) is 0. The van der Waals surface area contributed by atoms with Crippen molar-refractivity contribution < 1.29 is 33.0 Å². The number of thiol groups is 1. The molecule has 8 heteroatoms. The van der Waals surface area contributed by atoms with Crippen LogP contribution in [0, 0.1) is 28.6 Å². The molecular weight excluding hydrogens is 459 g/mol. The first-order valence-corrected chi connectivity index (χ1v) is 12.2. The molecule has 0 aliphatic heterocycles. The summed E-state index contributed by atoms with van der Waals surface area (Å²) in [6.07, 6.45) is 5.65. The minimum absolute atomic E-state index is 0.0404. The molecule has 0 spiro atoms. The fraction of sp³-hybridized carbons (Fsp3) is 0.577. The van der Waals surface area contributed by atoms with E-state index in [0.717, 1.165) is 0 Å². The van der Waals surface area contributed by atoms with Crippen molar-refractivity contribution in [1.29, 1.82) is 0 Å². The van der Waals surface area contributed by atoms with Gasteiger partial charge in [-0.3, -0.25) is 9.59 Å². The number of hydrogen-bond donors (Lipinski definition) is 2. The number of ether oxygens (including phenoxy) is 1. The van der Waals surface area contributed by atoms with Gasteiger partial charge in [-0.15, -0.1) is 12.6 Å². The van der Waals surface area contributed by atoms with Crippen molar-refractivity contribution in [1.82, 2.24) is 0 Å². The largest absolute Gasteiger partial charge is 0.457 e. The monoisotopic (exact) mass is 488 g/mol. The number of furan rings is 1. The normalized spacial score (nSPS) is 45.1. The molecule has 5 rings (SSSR count). The van der Waals surface area contributed by atoms with Crippen molar-refractivity contribution in [2.75, 3.05) is 0 Å². The molecule has 0 saturated heterocycles. The maximum atomic E-state index is 17.3. The molecule has 1 N–H and O–H groups in total. The van der Waals surface area contributed by atoms with E-state index in [9.17, 15) is 19.5 Å². The predicted octanol–water partition coefficient (Wildman–Crippen LogP) is 4.25. The third kappa shape index (κ3) is 2.70. The standard InChI is InChI=1S/C26H29FO6S/c1-14-11-18-17-7-6-15-12-16(28)8-9-23(15,2)25(17,27)20(29)13-24(18,3)26(14,22(31)34)33-21(30)19-5-4-10-32-19/h4-5,8-10,12,14,17-18,20,29H,6-7,11,13H2,1-3H3,(H,31,34)/t14-,17+,18+,20+,23+,24+,25+,26+/m1/s1. The molecule has 4 aliphatic rings. The molecule has 3 fully saturated rings. The van der Waals surface area contributed by atoms with E-state index in [1.54, 1.807) is 26.0 Å². The lowest BCUT2D eigenvalue weighted by molar-refractivity contribution is -0.216. The van der Waals surface area contributed by atoms with Crippen molar-refractivity contribution in [3.05, 3.63) is 48.0 Å². The van der Waals surface area contributed by atoms with Crippen LogP contribution < -0.4 is 0 Å². The van der Waals surface area contributed by atoms with Gasteiger partial charge in [0, 0.05) is 22.7 Å². The number of carbonyl (C=O) groups excluding carboxylic acids is 3. The zero-order valence-electron chi connectivity index (χ0n) is 19.4. The SMILES string of the molecule is C[C@@H]1C[C@H]2[C@@H]3CCC4=CC(=O)C=C[C@]4(C)[C@@]3(F)[C@@H](O)C[C@]2(C)[C@@]1(OC(=O)c1ccco1)C(=O)S. The summed E-state index contributed by atoms with van der Waals surface area (Å²) < 4.78 is 28.4. The summed E-state index contributed by atoms with van der Waals surface area (Å²) in [4.78, 5) is 38.1. The van der Waals surface area contributed by atoms with Crippen LogP contribution >= 0.6 is 12.6 Å². The van der Waals surface area contributed by atoms with E-state index in [1.165, 1.54) is 24.5 Å². The van der Waals surface area contributed by atoms with Crippen LogP contribution in [0.2, 0.25) is 0 Å². The molecule has 6 nitrogen and oxygen atoms in total. The van der Waals surface area contributed by atoms with Crippen LogP contribution in [-0.4, -0.2) is 39.3 Å². The number of carbonyl (C=O) groups is 3. The molecule has 182 valence electrons. The Morgan fingerprint density at radius 3 is 2.68 bits per heavy atom. The number of aliphatic hydroxyl groups excluding tert-OH is 1. The molecule has 3 saturated carbocycles. The second kappa shape index (κ2) is 7.40. The van der Waals surface area contributed by atoms with E-state index in [4.69, 9.17) is 9.15 Å². The lowest BCUT2D eigenvalue weighted by Crippen LogP contribution is -2.69. The molecule has 0 bridgehead atoms. The third-order valence-corrected chi connectivity index (χ3v) is 9.81. The summed E-state index contributed by atoms with van der Waals surface area (Å²) in [5.74, 6) is -2.40. The number of alkyl halides is 1. The minimum atomic E-state index is -2.03. The number of fused-ring (bicyclic) bond motifs is 5. The van der Waals surface area contributed by atoms with Crippen LogP contribution in [0.25, 0.3) is 0 Å². The number of esters is 1. The fourth-order valence-electron chi connectivity index (χ4n) is 7.84. The maximum absolute atomic E-state index is 17.3. The van der Waals surface area contributed by atoms with Gasteiger partial charge in [0.15, 0.2) is 17.1 Å². The Balaban J connectivity index is 1.60. The van der Waals surface area contributed by atoms with E-state index in [-0.39, 0.29) is 23.9 Å². The minimum Gasteiger partial charge on any atom is -0.457 e. The van der Waals surface area contributed by atoms with E-state index in [1.807, 2.05) is 6.92 Å². The van der Waals surface area contributed by atoms with E-state index in [2.05, 4.69) is 12.6 Å². The smallest absolute Gasteiger partial charge is 0.375 e. The van der Waals surface area contributed by atoms with Gasteiger partial charge in [-0.25, -0.2) is 9.18 Å². The van der Waals surface area contributed by atoms with Crippen molar-refractivity contribution in [3.8, 4) is 0 Å². The number of ketones is 1. The van der Waals surface area contributed by atoms with Gasteiger partial charge in [0.05, 0.1) is 12.4 Å². The van der Waals surface area contributed by atoms with Crippen molar-refractivity contribution >= 4 is 29.5 Å². The average molecular weight is 489 g/mol. The van der Waals surface area contributed by atoms with E-state index in [0.29, 0.717) is 24.8 Å². The van der Waals surface area contributed by atoms with Gasteiger partial charge in [0.2, 0.25) is 10.9 Å². The van der Waals surface area contributed by atoms with Gasteiger partial charge >= 0.3 is 5.97 Å². The Hall–Kier alpha value is -2.19. The second-order valence-corrected chi connectivity index (χ2v) is 11.2. The fourth-order valence-corrected chi connectivity index (χ4v) is 8.36. The van der Waals surface area contributed by atoms with Gasteiger partial charge in [0.25, 0.3) is 0 Å². The molecule has 1 aromatic rings. The van der Waals surface area contributed by atoms with Crippen molar-refractivity contribution in [2.24, 2.45) is 28.6 Å². The molecule has 0 radical (unpaired) electrons. The van der Waals surface area contributed by atoms with Crippen LogP contribution in [0.4, 0.5) is 4.39 Å². The van der Waals surface area contributed by atoms with Crippen molar-refractivity contribution in [3.63, 3.8) is 0 Å². The molecule has 0 aromatic carbocycles. The molecule has 0 amide bonds. The summed E-state index contributed by atoms with van der Waals surface area (Å²) in [5.41, 5.74) is -5.16. The average Bonchev–Trinajstić information content (AvgIpc) is 3.37. The van der Waals surface area contributed by atoms with Crippen LogP contribution in [0.3, 0.4) is 0 Å². The Bertz CT molecular complexity index is 1130. The summed E-state index contributed by atoms with van der Waals surface area (Å²) in [6.45, 7) is 5.36. The molecule has 34 heavy (non-hydrogen) atoms. The number of hydrogen-bond acceptors (Lipinski definition) is 6. The summed E-state index contributed by atoms with van der Waals surface area (Å²) >= 11 is 4.17. The van der Waals surface area contributed by atoms with Gasteiger partial charge < -0.3 is 14.3 Å². The van der Waals surface area contributed by atoms with Crippen LogP contribution in [-0.2, 0) is 14.3 Å². The highest BCUT2D eigenvalue weighted by molar-refractivity contribution is 7.96. The van der Waals surface area contributed by atoms with Crippen LogP contribution in [0.15, 0.2) is 46.6 Å². The first-order valence-electron chi connectivity index (χ1n) is 11.7. The van der Waals surface area contributed by atoms with E-state index >= 15 is 4.39 Å². The highest BCUT2D eigenvalue weighted by atomic mass is 32.1. The van der Waals surface area contributed by atoms with Crippen LogP contribution in [0.1, 0.15) is 57.0 Å². The molecule has 1 heterocycles. The maximum Gasteiger partial charge on any atom is 0.375 e. The van der Waals surface area contributed by atoms with Crippen molar-refractivity contribution in [2.45, 2.75) is 63.8 Å². The van der Waals surface area contributed by atoms with Gasteiger partial charge in [-0.1, -0.05) is 25.5 Å². The number of rotatable bonds is 3. The molecule has 1 aromatic heterocycles. The molecule has 0 unspecified atom stereocenters. The predicted molar refractivity (Wildman–Crippen MR) is 124 cm³/mol. The molecule has 8 atom stereocenters. The third-order valence-electron chi connectivity index (χ3n) is 9.47. The highest BCUT2D eigenvalue weighted by Gasteiger charge is 2.77. The number of allylic oxidation sites excluding steroid dienone is 4. The van der Waals surface area contributed by atoms with E-state index < -0.39 is 51.1 Å². The number of aliphatic hydroxyl groups is 1. The van der Waals surface area contributed by atoms with Gasteiger partial charge in [-0.05, 0) is 62.8 Å². The Morgan fingerprint density at radius 1 is 1.29 bits per heavy atom. The molecular formula is C26H29FO6S. The van der Waals surface area contributed by atoms with Crippen LogP contribution in [0.5, 0.6) is 0 Å². The zero-order valence-corrected chi connectivity index (χ0v) is 20.3.